The van der Waals surface area contributed by atoms with Gasteiger partial charge < -0.3 is 24.9 Å². The lowest BCUT2D eigenvalue weighted by molar-refractivity contribution is -1.03. The van der Waals surface area contributed by atoms with E-state index in [1.54, 1.807) is 26.2 Å². The van der Waals surface area contributed by atoms with E-state index in [-0.39, 0.29) is 40.6 Å². The number of aryl methyl sites for hydroxylation is 1. The SMILES string of the molecule is CC[C@@H](Nc1c(Nc2ccc(Br)c(C(=O)N(C)C)c2O)no[n+]1O)c1ccc(C)o1. The molecule has 0 saturated heterocycles. The number of nitrogens with one attached hydrogen (secondary N) is 2. The number of hydrogen-bond donors (Lipinski definition) is 4. The summed E-state index contributed by atoms with van der Waals surface area (Å²) in [5.41, 5.74) is 0.305. The van der Waals surface area contributed by atoms with Crippen molar-refractivity contribution in [2.75, 3.05) is 24.7 Å². The van der Waals surface area contributed by atoms with Gasteiger partial charge in [0, 0.05) is 18.6 Å². The summed E-state index contributed by atoms with van der Waals surface area (Å²) in [6, 6.07) is 6.63. The lowest BCUT2D eigenvalue weighted by Crippen LogP contribution is -2.32. The van der Waals surface area contributed by atoms with E-state index >= 15 is 0 Å². The first kappa shape index (κ1) is 21.5. The van der Waals surface area contributed by atoms with Crippen LogP contribution < -0.4 is 15.5 Å². The molecule has 0 bridgehead atoms. The van der Waals surface area contributed by atoms with Crippen LogP contribution in [0.3, 0.4) is 0 Å². The van der Waals surface area contributed by atoms with Gasteiger partial charge in [0.25, 0.3) is 5.91 Å². The van der Waals surface area contributed by atoms with Gasteiger partial charge in [0.2, 0.25) is 0 Å². The van der Waals surface area contributed by atoms with Crippen LogP contribution in [-0.2, 0) is 0 Å². The number of carbonyl (C=O) groups excluding carboxylic acids is 1. The molecule has 0 fully saturated rings. The van der Waals surface area contributed by atoms with E-state index in [1.807, 2.05) is 26.0 Å². The van der Waals surface area contributed by atoms with Crippen molar-refractivity contribution in [2.45, 2.75) is 26.3 Å². The zero-order chi connectivity index (χ0) is 22.0. The molecule has 4 N–H and O–H groups in total. The van der Waals surface area contributed by atoms with Crippen LogP contribution in [0.1, 0.15) is 41.3 Å². The van der Waals surface area contributed by atoms with Crippen LogP contribution in [0.2, 0.25) is 0 Å². The van der Waals surface area contributed by atoms with E-state index in [0.717, 1.165) is 5.76 Å². The van der Waals surface area contributed by atoms with Gasteiger partial charge in [-0.3, -0.25) is 10.1 Å². The Labute approximate surface area is 181 Å². The van der Waals surface area contributed by atoms with Gasteiger partial charge in [0.15, 0.2) is 5.75 Å². The van der Waals surface area contributed by atoms with E-state index in [9.17, 15) is 15.1 Å². The van der Waals surface area contributed by atoms with E-state index < -0.39 is 0 Å². The van der Waals surface area contributed by atoms with Gasteiger partial charge in [-0.2, -0.15) is 0 Å². The van der Waals surface area contributed by atoms with Crippen LogP contribution in [0, 0.1) is 6.92 Å². The van der Waals surface area contributed by atoms with Crippen molar-refractivity contribution in [3.05, 3.63) is 45.8 Å². The number of amides is 1. The van der Waals surface area contributed by atoms with E-state index in [2.05, 4.69) is 31.7 Å². The van der Waals surface area contributed by atoms with Crippen LogP contribution in [0.5, 0.6) is 5.75 Å². The maximum Gasteiger partial charge on any atom is 0.366 e. The molecular weight excluding hydrogens is 458 g/mol. The number of carbonyl (C=O) groups is 1. The highest BCUT2D eigenvalue weighted by molar-refractivity contribution is 9.10. The van der Waals surface area contributed by atoms with Crippen LogP contribution in [0.15, 0.2) is 37.8 Å². The molecule has 3 rings (SSSR count). The van der Waals surface area contributed by atoms with Gasteiger partial charge in [0.05, 0.1) is 11.3 Å². The molecular formula is C19H23BrN5O5+. The molecule has 1 atom stereocenters. The number of hydrogen-bond acceptors (Lipinski definition) is 8. The van der Waals surface area contributed by atoms with Crippen molar-refractivity contribution in [3.8, 4) is 5.75 Å². The van der Waals surface area contributed by atoms with Gasteiger partial charge in [-0.05, 0) is 53.5 Å². The largest absolute Gasteiger partial charge is 0.505 e. The number of rotatable bonds is 7. The first-order valence-electron chi connectivity index (χ1n) is 9.17. The third-order valence-electron chi connectivity index (χ3n) is 4.45. The van der Waals surface area contributed by atoms with Crippen molar-refractivity contribution in [1.82, 2.24) is 10.1 Å². The minimum atomic E-state index is -0.377. The van der Waals surface area contributed by atoms with Gasteiger partial charge in [-0.15, -0.1) is 0 Å². The Morgan fingerprint density at radius 3 is 2.67 bits per heavy atom. The Hall–Kier alpha value is -3.21. The minimum Gasteiger partial charge on any atom is -0.505 e. The number of phenolic OH excluding ortho intramolecular Hbond substituents is 1. The van der Waals surface area contributed by atoms with Crippen LogP contribution >= 0.6 is 15.9 Å². The first-order valence-corrected chi connectivity index (χ1v) is 9.96. The standard InChI is InChI=1S/C19H22BrN5O5/c1-5-12(14-9-6-10(2)29-14)22-18-17(23-30-25(18)28)21-13-8-7-11(20)15(16(13)26)19(27)24(3)4/h6-9,12,28H,5H2,1-4H3,(H2,21,22,23,26,27)/p+1/t12-/m1/s1. The van der Waals surface area contributed by atoms with Crippen molar-refractivity contribution in [2.24, 2.45) is 0 Å². The number of anilines is 3. The summed E-state index contributed by atoms with van der Waals surface area (Å²) in [6.45, 7) is 3.80. The van der Waals surface area contributed by atoms with Crippen molar-refractivity contribution < 1.29 is 29.1 Å². The highest BCUT2D eigenvalue weighted by Crippen LogP contribution is 2.37. The maximum absolute atomic E-state index is 12.4. The molecule has 30 heavy (non-hydrogen) atoms. The van der Waals surface area contributed by atoms with Crippen molar-refractivity contribution >= 4 is 39.2 Å². The molecule has 2 heterocycles. The Kier molecular flexibility index (Phi) is 6.20. The second-order valence-electron chi connectivity index (χ2n) is 6.84. The quantitative estimate of drug-likeness (QED) is 0.298. The molecule has 0 spiro atoms. The molecule has 0 unspecified atom stereocenters. The number of phenols is 1. The molecule has 1 amide bonds. The topological polar surface area (TPSA) is 128 Å². The summed E-state index contributed by atoms with van der Waals surface area (Å²) in [4.78, 5) is 14.2. The molecule has 2 aromatic heterocycles. The predicted octanol–water partition coefficient (Wildman–Crippen LogP) is 3.58. The summed E-state index contributed by atoms with van der Waals surface area (Å²) in [5, 5.41) is 30.5. The summed E-state index contributed by atoms with van der Waals surface area (Å²) in [6.07, 6.45) is 0.655. The molecule has 3 aromatic rings. The van der Waals surface area contributed by atoms with Gasteiger partial charge in [0.1, 0.15) is 27.6 Å². The Morgan fingerprint density at radius 1 is 1.33 bits per heavy atom. The average Bonchev–Trinajstić information content (AvgIpc) is 3.28. The highest BCUT2D eigenvalue weighted by atomic mass is 79.9. The molecule has 0 aliphatic heterocycles. The summed E-state index contributed by atoms with van der Waals surface area (Å²) in [7, 11) is 3.17. The number of benzene rings is 1. The first-order chi connectivity index (χ1) is 14.2. The second-order valence-corrected chi connectivity index (χ2v) is 7.69. The second kappa shape index (κ2) is 8.66. The van der Waals surface area contributed by atoms with Gasteiger partial charge in [-0.1, -0.05) is 11.6 Å². The molecule has 160 valence electrons. The fraction of sp³-hybridized carbons (Fsp3) is 0.316. The Bertz CT molecular complexity index is 1060. The smallest absolute Gasteiger partial charge is 0.366 e. The van der Waals surface area contributed by atoms with E-state index in [1.165, 1.54) is 4.90 Å². The highest BCUT2D eigenvalue weighted by Gasteiger charge is 2.30. The summed E-state index contributed by atoms with van der Waals surface area (Å²) in [5.74, 6) is 1.04. The molecule has 0 aliphatic rings. The summed E-state index contributed by atoms with van der Waals surface area (Å²) >= 11 is 3.29. The summed E-state index contributed by atoms with van der Waals surface area (Å²) < 4.78 is 10.9. The zero-order valence-electron chi connectivity index (χ0n) is 16.9. The van der Waals surface area contributed by atoms with Crippen LogP contribution in [-0.4, -0.2) is 40.4 Å². The maximum atomic E-state index is 12.4. The molecule has 0 saturated carbocycles. The molecule has 0 radical (unpaired) electrons. The Balaban J connectivity index is 1.92. The van der Waals surface area contributed by atoms with E-state index in [0.29, 0.717) is 21.6 Å². The zero-order valence-corrected chi connectivity index (χ0v) is 18.5. The predicted molar refractivity (Wildman–Crippen MR) is 111 cm³/mol. The molecule has 0 aliphatic carbocycles. The van der Waals surface area contributed by atoms with Crippen molar-refractivity contribution in [1.29, 1.82) is 0 Å². The number of halogens is 1. The van der Waals surface area contributed by atoms with Crippen molar-refractivity contribution in [3.63, 3.8) is 0 Å². The number of nitrogens with zero attached hydrogens (tertiary/aromatic N) is 3. The number of aromatic nitrogens is 2. The number of furan rings is 1. The van der Waals surface area contributed by atoms with Gasteiger partial charge >= 0.3 is 11.6 Å². The van der Waals surface area contributed by atoms with E-state index in [4.69, 9.17) is 9.05 Å². The monoisotopic (exact) mass is 480 g/mol. The normalized spacial score (nSPS) is 11.9. The molecule has 1 aromatic carbocycles. The fourth-order valence-electron chi connectivity index (χ4n) is 2.86. The van der Waals surface area contributed by atoms with Gasteiger partial charge in [-0.25, -0.2) is 0 Å². The minimum absolute atomic E-state index is 0.0948. The Morgan fingerprint density at radius 2 is 2.07 bits per heavy atom. The lowest BCUT2D eigenvalue weighted by atomic mass is 10.1. The van der Waals surface area contributed by atoms with Crippen LogP contribution in [0.25, 0.3) is 0 Å². The lowest BCUT2D eigenvalue weighted by Gasteiger charge is -2.15. The fourth-order valence-corrected chi connectivity index (χ4v) is 3.35. The number of aromatic hydroxyl groups is 1. The molecule has 10 nitrogen and oxygen atoms in total. The third kappa shape index (κ3) is 4.20. The molecule has 11 heteroatoms. The van der Waals surface area contributed by atoms with Crippen LogP contribution in [0.4, 0.5) is 17.3 Å². The average molecular weight is 481 g/mol. The third-order valence-corrected chi connectivity index (χ3v) is 5.11.